The van der Waals surface area contributed by atoms with Crippen LogP contribution in [0.15, 0.2) is 18.2 Å². The Kier molecular flexibility index (Phi) is 4.41. The molecule has 1 amide bonds. The first-order valence-corrected chi connectivity index (χ1v) is 8.71. The van der Waals surface area contributed by atoms with Crippen LogP contribution < -0.4 is 0 Å². The van der Waals surface area contributed by atoms with Crippen LogP contribution in [-0.2, 0) is 23.9 Å². The number of likely N-dealkylation sites (tertiary alicyclic amines) is 1. The van der Waals surface area contributed by atoms with Crippen LogP contribution in [0.25, 0.3) is 5.69 Å². The zero-order valence-electron chi connectivity index (χ0n) is 14.4. The summed E-state index contributed by atoms with van der Waals surface area (Å²) in [5.74, 6) is -1.17. The molecule has 0 unspecified atom stereocenters. The summed E-state index contributed by atoms with van der Waals surface area (Å²) in [6.45, 7) is 1.26. The summed E-state index contributed by atoms with van der Waals surface area (Å²) in [5, 5.41) is 3.68. The van der Waals surface area contributed by atoms with Crippen LogP contribution in [-0.4, -0.2) is 40.3 Å². The van der Waals surface area contributed by atoms with Crippen LogP contribution in [0.2, 0.25) is 0 Å². The van der Waals surface area contributed by atoms with Gasteiger partial charge in [-0.1, -0.05) is 0 Å². The fourth-order valence-electron chi connectivity index (χ4n) is 3.58. The number of carbonyl (C=O) groups is 1. The Balaban J connectivity index is 1.73. The van der Waals surface area contributed by atoms with E-state index in [1.54, 1.807) is 4.90 Å². The maximum Gasteiger partial charge on any atom is 0.435 e. The molecule has 2 aliphatic heterocycles. The van der Waals surface area contributed by atoms with E-state index < -0.39 is 23.6 Å². The molecule has 5 nitrogen and oxygen atoms in total. The molecule has 3 heterocycles. The second kappa shape index (κ2) is 6.63. The van der Waals surface area contributed by atoms with Crippen LogP contribution in [0.5, 0.6) is 0 Å². The fourth-order valence-corrected chi connectivity index (χ4v) is 3.58. The van der Waals surface area contributed by atoms with E-state index in [-0.39, 0.29) is 36.4 Å². The van der Waals surface area contributed by atoms with E-state index in [4.69, 9.17) is 4.74 Å². The van der Waals surface area contributed by atoms with Gasteiger partial charge in [0.05, 0.1) is 30.2 Å². The molecule has 27 heavy (non-hydrogen) atoms. The molecule has 0 saturated carbocycles. The molecule has 144 valence electrons. The van der Waals surface area contributed by atoms with E-state index in [0.29, 0.717) is 18.8 Å². The summed E-state index contributed by atoms with van der Waals surface area (Å²) in [7, 11) is 0. The summed E-state index contributed by atoms with van der Waals surface area (Å²) >= 11 is 0. The number of ether oxygens (including phenoxy) is 1. The van der Waals surface area contributed by atoms with Gasteiger partial charge >= 0.3 is 6.18 Å². The van der Waals surface area contributed by atoms with Gasteiger partial charge in [-0.05, 0) is 25.0 Å². The number of amides is 1. The maximum atomic E-state index is 14.6. The monoisotopic (exact) mass is 383 g/mol. The van der Waals surface area contributed by atoms with Gasteiger partial charge in [0.15, 0.2) is 5.69 Å². The number of aromatic nitrogens is 2. The van der Waals surface area contributed by atoms with Crippen molar-refractivity contribution in [1.82, 2.24) is 14.7 Å². The molecule has 1 fully saturated rings. The zero-order valence-corrected chi connectivity index (χ0v) is 14.4. The van der Waals surface area contributed by atoms with Gasteiger partial charge in [0.1, 0.15) is 5.82 Å². The van der Waals surface area contributed by atoms with Crippen molar-refractivity contribution < 1.29 is 27.1 Å². The van der Waals surface area contributed by atoms with Gasteiger partial charge < -0.3 is 9.64 Å². The summed E-state index contributed by atoms with van der Waals surface area (Å²) in [6, 6.07) is 3.80. The third-order valence-electron chi connectivity index (χ3n) is 4.91. The minimum Gasteiger partial charge on any atom is -0.376 e. The van der Waals surface area contributed by atoms with Crippen LogP contribution in [0, 0.1) is 5.82 Å². The molecule has 0 aliphatic carbocycles. The molecule has 1 aromatic carbocycles. The lowest BCUT2D eigenvalue weighted by atomic mass is 10.1. The van der Waals surface area contributed by atoms with Gasteiger partial charge in [0, 0.05) is 31.1 Å². The second-order valence-corrected chi connectivity index (χ2v) is 6.65. The van der Waals surface area contributed by atoms with Crippen molar-refractivity contribution in [2.45, 2.75) is 32.0 Å². The predicted octanol–water partition coefficient (Wildman–Crippen LogP) is 3.34. The Morgan fingerprint density at radius 2 is 1.93 bits per heavy atom. The van der Waals surface area contributed by atoms with Gasteiger partial charge in [-0.25, -0.2) is 9.07 Å². The Morgan fingerprint density at radius 1 is 1.19 bits per heavy atom. The second-order valence-electron chi connectivity index (χ2n) is 6.65. The molecular weight excluding hydrogens is 366 g/mol. The van der Waals surface area contributed by atoms with Crippen LogP contribution in [0.3, 0.4) is 0 Å². The normalized spacial score (nSPS) is 17.3. The lowest BCUT2D eigenvalue weighted by Gasteiger charge is -2.17. The molecule has 0 radical (unpaired) electrons. The maximum absolute atomic E-state index is 14.6. The van der Waals surface area contributed by atoms with Crippen molar-refractivity contribution in [2.75, 3.05) is 19.7 Å². The quantitative estimate of drug-likeness (QED) is 0.748. The highest BCUT2D eigenvalue weighted by molar-refractivity contribution is 5.94. The lowest BCUT2D eigenvalue weighted by Crippen LogP contribution is -2.28. The van der Waals surface area contributed by atoms with Gasteiger partial charge in [-0.3, -0.25) is 4.79 Å². The van der Waals surface area contributed by atoms with Crippen LogP contribution >= 0.6 is 0 Å². The average Bonchev–Trinajstić information content (AvgIpc) is 3.28. The fraction of sp³-hybridized carbons (Fsp3) is 0.444. The predicted molar refractivity (Wildman–Crippen MR) is 87.0 cm³/mol. The van der Waals surface area contributed by atoms with E-state index >= 15 is 0 Å². The Labute approximate surface area is 152 Å². The molecule has 0 atom stereocenters. The van der Waals surface area contributed by atoms with Crippen molar-refractivity contribution >= 4 is 5.91 Å². The highest BCUT2D eigenvalue weighted by Gasteiger charge is 2.40. The van der Waals surface area contributed by atoms with Gasteiger partial charge in [-0.15, -0.1) is 0 Å². The number of hydrogen-bond donors (Lipinski definition) is 0. The molecule has 2 aliphatic rings. The lowest BCUT2D eigenvalue weighted by molar-refractivity contribution is -0.142. The van der Waals surface area contributed by atoms with E-state index in [9.17, 15) is 22.4 Å². The molecule has 4 rings (SSSR count). The third-order valence-corrected chi connectivity index (χ3v) is 4.91. The highest BCUT2D eigenvalue weighted by atomic mass is 19.4. The minimum absolute atomic E-state index is 0.0219. The number of fused-ring (bicyclic) bond motifs is 1. The minimum atomic E-state index is -4.62. The van der Waals surface area contributed by atoms with E-state index in [0.717, 1.165) is 23.6 Å². The van der Waals surface area contributed by atoms with Crippen molar-refractivity contribution in [1.29, 1.82) is 0 Å². The number of nitrogens with zero attached hydrogens (tertiary/aromatic N) is 3. The molecule has 0 bridgehead atoms. The van der Waals surface area contributed by atoms with Gasteiger partial charge in [0.2, 0.25) is 0 Å². The van der Waals surface area contributed by atoms with E-state index in [2.05, 4.69) is 5.10 Å². The number of carbonyl (C=O) groups excluding carboxylic acids is 1. The summed E-state index contributed by atoms with van der Waals surface area (Å²) in [4.78, 5) is 14.0. The van der Waals surface area contributed by atoms with Crippen molar-refractivity contribution in [2.24, 2.45) is 0 Å². The molecule has 0 spiro atoms. The molecular formula is C18H17F4N3O2. The zero-order chi connectivity index (χ0) is 19.2. The Bertz CT molecular complexity index is 885. The largest absolute Gasteiger partial charge is 0.435 e. The number of hydrogen-bond acceptors (Lipinski definition) is 3. The summed E-state index contributed by atoms with van der Waals surface area (Å²) in [6.07, 6.45) is -2.62. The SMILES string of the molecule is O=C(c1ccc(-n2nc(C(F)(F)F)c3c2CCOC3)cc1F)N1CCCC1. The van der Waals surface area contributed by atoms with Gasteiger partial charge in [-0.2, -0.15) is 18.3 Å². The molecule has 2 aromatic rings. The smallest absolute Gasteiger partial charge is 0.376 e. The van der Waals surface area contributed by atoms with Crippen LogP contribution in [0.1, 0.15) is 40.2 Å². The standard InChI is InChI=1S/C18H17F4N3O2/c19-14-9-11(3-4-12(14)17(26)24-6-1-2-7-24)25-15-5-8-27-10-13(15)16(23-25)18(20,21)22/h3-4,9H,1-2,5-8,10H2. The molecule has 1 saturated heterocycles. The van der Waals surface area contributed by atoms with Crippen molar-refractivity contribution in [3.05, 3.63) is 46.5 Å². The number of benzene rings is 1. The summed E-state index contributed by atoms with van der Waals surface area (Å²) in [5.41, 5.74) is -0.618. The molecule has 0 N–H and O–H groups in total. The first-order valence-electron chi connectivity index (χ1n) is 8.71. The number of alkyl halides is 3. The number of halogens is 4. The number of rotatable bonds is 2. The summed E-state index contributed by atoms with van der Waals surface area (Å²) < 4.78 is 60.6. The topological polar surface area (TPSA) is 47.4 Å². The van der Waals surface area contributed by atoms with E-state index in [1.165, 1.54) is 12.1 Å². The average molecular weight is 383 g/mol. The first kappa shape index (κ1) is 18.0. The highest BCUT2D eigenvalue weighted by Crippen LogP contribution is 2.35. The molecule has 1 aromatic heterocycles. The van der Waals surface area contributed by atoms with Crippen molar-refractivity contribution in [3.63, 3.8) is 0 Å². The van der Waals surface area contributed by atoms with Gasteiger partial charge in [0.25, 0.3) is 5.91 Å². The molecule has 9 heteroatoms. The Morgan fingerprint density at radius 3 is 2.59 bits per heavy atom. The third kappa shape index (κ3) is 3.20. The Hall–Kier alpha value is -2.42. The van der Waals surface area contributed by atoms with E-state index in [1.807, 2.05) is 0 Å². The first-order chi connectivity index (χ1) is 12.9. The van der Waals surface area contributed by atoms with Crippen molar-refractivity contribution in [3.8, 4) is 5.69 Å². The van der Waals surface area contributed by atoms with Crippen LogP contribution in [0.4, 0.5) is 17.6 Å².